The number of carbonyl (C=O) groups excluding carboxylic acids is 1. The van der Waals surface area contributed by atoms with Crippen LogP contribution in [-0.4, -0.2) is 39.5 Å². The molecule has 1 saturated carbocycles. The van der Waals surface area contributed by atoms with Crippen LogP contribution in [-0.2, 0) is 16.0 Å². The molecule has 24 heavy (non-hydrogen) atoms. The van der Waals surface area contributed by atoms with E-state index in [4.69, 9.17) is 9.52 Å². The second kappa shape index (κ2) is 7.29. The Hall–Kier alpha value is -2.63. The highest BCUT2D eigenvalue weighted by atomic mass is 16.4. The Bertz CT molecular complexity index is 707. The highest BCUT2D eigenvalue weighted by molar-refractivity contribution is 5.81. The maximum atomic E-state index is 12.2. The lowest BCUT2D eigenvalue weighted by molar-refractivity contribution is -0.145. The van der Waals surface area contributed by atoms with Gasteiger partial charge in [0.15, 0.2) is 11.7 Å². The first-order chi connectivity index (χ1) is 11.6. The van der Waals surface area contributed by atoms with Crippen LogP contribution in [0.4, 0.5) is 0 Å². The molecule has 0 aliphatic heterocycles. The fourth-order valence-corrected chi connectivity index (χ4v) is 2.65. The van der Waals surface area contributed by atoms with Crippen molar-refractivity contribution in [2.45, 2.75) is 38.1 Å². The number of aromatic nitrogens is 1. The number of oxazole rings is 1. The average Bonchev–Trinajstić information content (AvgIpc) is 3.31. The van der Waals surface area contributed by atoms with E-state index in [9.17, 15) is 9.59 Å². The zero-order valence-electron chi connectivity index (χ0n) is 13.4. The van der Waals surface area contributed by atoms with Gasteiger partial charge < -0.3 is 14.4 Å². The SMILES string of the molecule is O=C(O)CN(C(=O)CCCc1ncc(-c2ccccc2)o1)C1CC1. The first kappa shape index (κ1) is 16.2. The summed E-state index contributed by atoms with van der Waals surface area (Å²) in [6.07, 6.45) is 4.96. The summed E-state index contributed by atoms with van der Waals surface area (Å²) in [6.45, 7) is -0.208. The normalized spacial score (nSPS) is 13.7. The van der Waals surface area contributed by atoms with E-state index in [1.807, 2.05) is 30.3 Å². The lowest BCUT2D eigenvalue weighted by Gasteiger charge is -2.19. The molecule has 6 nitrogen and oxygen atoms in total. The molecule has 2 aromatic rings. The first-order valence-electron chi connectivity index (χ1n) is 8.15. The van der Waals surface area contributed by atoms with Crippen LogP contribution in [0, 0.1) is 0 Å². The summed E-state index contributed by atoms with van der Waals surface area (Å²) in [7, 11) is 0. The summed E-state index contributed by atoms with van der Waals surface area (Å²) in [5.74, 6) is 0.241. The third kappa shape index (κ3) is 4.22. The van der Waals surface area contributed by atoms with Crippen molar-refractivity contribution in [2.24, 2.45) is 0 Å². The maximum absolute atomic E-state index is 12.2. The second-order valence-electron chi connectivity index (χ2n) is 5.98. The van der Waals surface area contributed by atoms with Gasteiger partial charge in [0.1, 0.15) is 6.54 Å². The summed E-state index contributed by atoms with van der Waals surface area (Å²) in [5.41, 5.74) is 0.966. The van der Waals surface area contributed by atoms with Gasteiger partial charge in [0.2, 0.25) is 5.91 Å². The van der Waals surface area contributed by atoms with Crippen LogP contribution in [0.25, 0.3) is 11.3 Å². The molecular weight excluding hydrogens is 308 g/mol. The first-order valence-corrected chi connectivity index (χ1v) is 8.15. The Morgan fingerprint density at radius 2 is 2.00 bits per heavy atom. The quantitative estimate of drug-likeness (QED) is 0.805. The Kier molecular flexibility index (Phi) is 4.93. The summed E-state index contributed by atoms with van der Waals surface area (Å²) in [4.78, 5) is 28.8. The molecule has 0 unspecified atom stereocenters. The minimum Gasteiger partial charge on any atom is -0.480 e. The fraction of sp³-hybridized carbons (Fsp3) is 0.389. The van der Waals surface area contributed by atoms with E-state index in [1.165, 1.54) is 4.90 Å². The average molecular weight is 328 g/mol. The van der Waals surface area contributed by atoms with Crippen LogP contribution in [0.1, 0.15) is 31.6 Å². The number of amides is 1. The molecule has 1 heterocycles. The largest absolute Gasteiger partial charge is 0.480 e. The summed E-state index contributed by atoms with van der Waals surface area (Å²) in [5, 5.41) is 8.90. The Balaban J connectivity index is 1.50. The molecule has 6 heteroatoms. The van der Waals surface area contributed by atoms with E-state index in [-0.39, 0.29) is 18.5 Å². The van der Waals surface area contributed by atoms with Crippen molar-refractivity contribution in [1.29, 1.82) is 0 Å². The lowest BCUT2D eigenvalue weighted by atomic mass is 10.2. The van der Waals surface area contributed by atoms with Gasteiger partial charge in [0, 0.05) is 24.4 Å². The summed E-state index contributed by atoms with van der Waals surface area (Å²) < 4.78 is 5.71. The molecule has 3 rings (SSSR count). The van der Waals surface area contributed by atoms with Crippen LogP contribution in [0.5, 0.6) is 0 Å². The molecule has 1 aliphatic rings. The number of hydrogen-bond donors (Lipinski definition) is 1. The molecular formula is C18H20N2O4. The van der Waals surface area contributed by atoms with E-state index in [0.29, 0.717) is 30.9 Å². The molecule has 1 aromatic heterocycles. The van der Waals surface area contributed by atoms with E-state index in [2.05, 4.69) is 4.98 Å². The maximum Gasteiger partial charge on any atom is 0.323 e. The van der Waals surface area contributed by atoms with Gasteiger partial charge in [-0.3, -0.25) is 9.59 Å². The van der Waals surface area contributed by atoms with Crippen LogP contribution in [0.15, 0.2) is 40.9 Å². The van der Waals surface area contributed by atoms with Gasteiger partial charge in [-0.15, -0.1) is 0 Å². The molecule has 0 saturated heterocycles. The molecule has 1 aliphatic carbocycles. The molecule has 0 atom stereocenters. The van der Waals surface area contributed by atoms with Crippen LogP contribution >= 0.6 is 0 Å². The van der Waals surface area contributed by atoms with E-state index >= 15 is 0 Å². The molecule has 1 N–H and O–H groups in total. The summed E-state index contributed by atoms with van der Waals surface area (Å²) in [6, 6.07) is 9.83. The smallest absolute Gasteiger partial charge is 0.323 e. The third-order valence-electron chi connectivity index (χ3n) is 4.01. The summed E-state index contributed by atoms with van der Waals surface area (Å²) >= 11 is 0. The highest BCUT2D eigenvalue weighted by Gasteiger charge is 2.33. The monoisotopic (exact) mass is 328 g/mol. The number of nitrogens with zero attached hydrogens (tertiary/aromatic N) is 2. The third-order valence-corrected chi connectivity index (χ3v) is 4.01. The van der Waals surface area contributed by atoms with Crippen molar-refractivity contribution < 1.29 is 19.1 Å². The zero-order valence-corrected chi connectivity index (χ0v) is 13.4. The fourth-order valence-electron chi connectivity index (χ4n) is 2.65. The number of carbonyl (C=O) groups is 2. The van der Waals surface area contributed by atoms with Crippen molar-refractivity contribution >= 4 is 11.9 Å². The number of rotatable bonds is 8. The van der Waals surface area contributed by atoms with Crippen molar-refractivity contribution in [3.05, 3.63) is 42.4 Å². The van der Waals surface area contributed by atoms with E-state index in [1.54, 1.807) is 6.20 Å². The van der Waals surface area contributed by atoms with Gasteiger partial charge in [0.25, 0.3) is 0 Å². The number of aryl methyl sites for hydroxylation is 1. The van der Waals surface area contributed by atoms with Crippen molar-refractivity contribution in [1.82, 2.24) is 9.88 Å². The minimum absolute atomic E-state index is 0.102. The number of aliphatic carboxylic acids is 1. The second-order valence-corrected chi connectivity index (χ2v) is 5.98. The van der Waals surface area contributed by atoms with E-state index < -0.39 is 5.97 Å². The van der Waals surface area contributed by atoms with E-state index in [0.717, 1.165) is 18.4 Å². The standard InChI is InChI=1S/C18H20N2O4/c21-17(20(12-18(22)23)14-9-10-14)8-4-7-16-19-11-15(24-16)13-5-2-1-3-6-13/h1-3,5-6,11,14H,4,7-10,12H2,(H,22,23). The molecule has 1 aromatic carbocycles. The van der Waals surface area contributed by atoms with Crippen LogP contribution < -0.4 is 0 Å². The number of hydrogen-bond acceptors (Lipinski definition) is 4. The molecule has 1 amide bonds. The predicted octanol–water partition coefficient (Wildman–Crippen LogP) is 2.74. The van der Waals surface area contributed by atoms with Crippen molar-refractivity contribution in [3.63, 3.8) is 0 Å². The molecule has 0 radical (unpaired) electrons. The van der Waals surface area contributed by atoms with Crippen molar-refractivity contribution in [2.75, 3.05) is 6.54 Å². The Labute approximate surface area is 140 Å². The lowest BCUT2D eigenvalue weighted by Crippen LogP contribution is -2.37. The molecule has 0 bridgehead atoms. The van der Waals surface area contributed by atoms with Crippen LogP contribution in [0.2, 0.25) is 0 Å². The van der Waals surface area contributed by atoms with Crippen LogP contribution in [0.3, 0.4) is 0 Å². The van der Waals surface area contributed by atoms with Gasteiger partial charge in [-0.05, 0) is 19.3 Å². The van der Waals surface area contributed by atoms with Crippen molar-refractivity contribution in [3.8, 4) is 11.3 Å². The molecule has 1 fully saturated rings. The zero-order chi connectivity index (χ0) is 16.9. The Morgan fingerprint density at radius 1 is 1.25 bits per heavy atom. The number of carboxylic acids is 1. The van der Waals surface area contributed by atoms with Gasteiger partial charge in [0.05, 0.1) is 6.20 Å². The van der Waals surface area contributed by atoms with Gasteiger partial charge in [-0.2, -0.15) is 0 Å². The number of benzene rings is 1. The van der Waals surface area contributed by atoms with Gasteiger partial charge in [-0.1, -0.05) is 30.3 Å². The Morgan fingerprint density at radius 3 is 2.67 bits per heavy atom. The highest BCUT2D eigenvalue weighted by Crippen LogP contribution is 2.27. The number of carboxylic acid groups (broad SMARTS) is 1. The van der Waals surface area contributed by atoms with Gasteiger partial charge in [-0.25, -0.2) is 4.98 Å². The minimum atomic E-state index is -0.963. The predicted molar refractivity (Wildman–Crippen MR) is 87.2 cm³/mol. The molecule has 126 valence electrons. The molecule has 0 spiro atoms. The topological polar surface area (TPSA) is 83.6 Å². The van der Waals surface area contributed by atoms with Gasteiger partial charge >= 0.3 is 5.97 Å².